The highest BCUT2D eigenvalue weighted by Crippen LogP contribution is 2.31. The Bertz CT molecular complexity index is 496. The lowest BCUT2D eigenvalue weighted by Crippen LogP contribution is -2.56. The average molecular weight is 306 g/mol. The van der Waals surface area contributed by atoms with Crippen molar-refractivity contribution in [1.82, 2.24) is 9.88 Å². The summed E-state index contributed by atoms with van der Waals surface area (Å²) in [6, 6.07) is 5.68. The van der Waals surface area contributed by atoms with Gasteiger partial charge in [0.15, 0.2) is 0 Å². The zero-order valence-corrected chi connectivity index (χ0v) is 12.8. The van der Waals surface area contributed by atoms with Crippen LogP contribution in [0.5, 0.6) is 5.88 Å². The van der Waals surface area contributed by atoms with Gasteiger partial charge < -0.3 is 19.1 Å². The van der Waals surface area contributed by atoms with Gasteiger partial charge in [-0.05, 0) is 19.4 Å². The van der Waals surface area contributed by atoms with Crippen molar-refractivity contribution in [3.8, 4) is 5.88 Å². The zero-order chi connectivity index (χ0) is 15.4. The number of likely N-dealkylation sites (tertiary alicyclic amines) is 1. The van der Waals surface area contributed by atoms with E-state index in [2.05, 4.69) is 4.98 Å². The number of aromatic nitrogens is 1. The summed E-state index contributed by atoms with van der Waals surface area (Å²) in [5, 5.41) is 0. The molecule has 0 N–H and O–H groups in total. The number of carbonyl (C=O) groups excluding carboxylic acids is 1. The number of ether oxygens (including phenoxy) is 3. The van der Waals surface area contributed by atoms with Crippen molar-refractivity contribution in [2.75, 3.05) is 26.4 Å². The molecule has 3 rings (SSSR count). The number of hydrogen-bond acceptors (Lipinski definition) is 5. The quantitative estimate of drug-likeness (QED) is 0.819. The van der Waals surface area contributed by atoms with Gasteiger partial charge in [0.25, 0.3) is 0 Å². The first-order valence-corrected chi connectivity index (χ1v) is 7.86. The first-order chi connectivity index (χ1) is 10.8. The van der Waals surface area contributed by atoms with Crippen LogP contribution in [0, 0.1) is 0 Å². The summed E-state index contributed by atoms with van der Waals surface area (Å²) in [6.07, 6.45) is 3.17. The van der Waals surface area contributed by atoms with E-state index in [9.17, 15) is 4.79 Å². The fourth-order valence-electron chi connectivity index (χ4n) is 3.16. The van der Waals surface area contributed by atoms with Crippen LogP contribution in [0.2, 0.25) is 0 Å². The normalized spacial score (nSPS) is 27.5. The van der Waals surface area contributed by atoms with Crippen LogP contribution < -0.4 is 4.74 Å². The molecule has 0 aromatic carbocycles. The maximum Gasteiger partial charge on any atom is 0.248 e. The molecule has 0 bridgehead atoms. The summed E-state index contributed by atoms with van der Waals surface area (Å²) in [4.78, 5) is 18.4. The van der Waals surface area contributed by atoms with Crippen molar-refractivity contribution in [3.63, 3.8) is 0 Å². The number of hydrogen-bond donors (Lipinski definition) is 0. The molecule has 120 valence electrons. The first kappa shape index (κ1) is 15.2. The molecule has 1 aromatic heterocycles. The topological polar surface area (TPSA) is 60.9 Å². The van der Waals surface area contributed by atoms with E-state index in [1.807, 2.05) is 30.0 Å². The third kappa shape index (κ3) is 3.23. The van der Waals surface area contributed by atoms with Gasteiger partial charge >= 0.3 is 0 Å². The van der Waals surface area contributed by atoms with E-state index in [1.165, 1.54) is 0 Å². The van der Waals surface area contributed by atoms with Gasteiger partial charge in [-0.15, -0.1) is 0 Å². The molecule has 1 aromatic rings. The molecule has 0 saturated carbocycles. The predicted octanol–water partition coefficient (Wildman–Crippen LogP) is 1.26. The fourth-order valence-corrected chi connectivity index (χ4v) is 3.16. The molecule has 22 heavy (non-hydrogen) atoms. The van der Waals surface area contributed by atoms with Crippen molar-refractivity contribution in [2.24, 2.45) is 0 Å². The molecule has 3 heterocycles. The van der Waals surface area contributed by atoms with Crippen LogP contribution in [0.3, 0.4) is 0 Å². The number of nitrogens with zero attached hydrogens (tertiary/aromatic N) is 2. The number of rotatable bonds is 5. The molecule has 2 aliphatic heterocycles. The van der Waals surface area contributed by atoms with Crippen molar-refractivity contribution in [3.05, 3.63) is 24.4 Å². The number of carbonyl (C=O) groups is 1. The Hall–Kier alpha value is -1.66. The average Bonchev–Trinajstić information content (AvgIpc) is 3.04. The van der Waals surface area contributed by atoms with Crippen molar-refractivity contribution in [2.45, 2.75) is 38.0 Å². The second-order valence-electron chi connectivity index (χ2n) is 5.53. The van der Waals surface area contributed by atoms with Gasteiger partial charge in [-0.1, -0.05) is 6.07 Å². The van der Waals surface area contributed by atoms with E-state index >= 15 is 0 Å². The first-order valence-electron chi connectivity index (χ1n) is 7.86. The second-order valence-corrected chi connectivity index (χ2v) is 5.53. The zero-order valence-electron chi connectivity index (χ0n) is 12.8. The summed E-state index contributed by atoms with van der Waals surface area (Å²) in [5.41, 5.74) is 0. The molecule has 0 aliphatic carbocycles. The molecule has 2 saturated heterocycles. The van der Waals surface area contributed by atoms with E-state index < -0.39 is 0 Å². The lowest BCUT2D eigenvalue weighted by Gasteiger charge is -2.40. The smallest absolute Gasteiger partial charge is 0.248 e. The Balaban J connectivity index is 1.65. The number of fused-ring (bicyclic) bond motifs is 1. The van der Waals surface area contributed by atoms with Crippen molar-refractivity contribution >= 4 is 5.91 Å². The molecule has 0 unspecified atom stereocenters. The van der Waals surface area contributed by atoms with Crippen LogP contribution in [0.4, 0.5) is 0 Å². The lowest BCUT2D eigenvalue weighted by atomic mass is 9.95. The minimum atomic E-state index is -0.0821. The summed E-state index contributed by atoms with van der Waals surface area (Å²) >= 11 is 0. The third-order valence-corrected chi connectivity index (χ3v) is 4.18. The van der Waals surface area contributed by atoms with E-state index in [-0.39, 0.29) is 30.8 Å². The minimum absolute atomic E-state index is 0.0404. The van der Waals surface area contributed by atoms with E-state index in [4.69, 9.17) is 14.2 Å². The maximum atomic E-state index is 12.3. The Morgan fingerprint density at radius 3 is 3.14 bits per heavy atom. The molecular weight excluding hydrogens is 284 g/mol. The van der Waals surface area contributed by atoms with Gasteiger partial charge in [0.2, 0.25) is 11.8 Å². The minimum Gasteiger partial charge on any atom is -0.471 e. The van der Waals surface area contributed by atoms with Gasteiger partial charge in [-0.3, -0.25) is 4.79 Å². The Kier molecular flexibility index (Phi) is 4.90. The molecule has 2 aliphatic rings. The fraction of sp³-hybridized carbons (Fsp3) is 0.625. The van der Waals surface area contributed by atoms with Gasteiger partial charge in [-0.25, -0.2) is 4.98 Å². The number of piperidine rings is 1. The van der Waals surface area contributed by atoms with Gasteiger partial charge in [0, 0.05) is 38.4 Å². The standard InChI is InChI=1S/C16H22N2O4/c1-2-20-11-15(19)18-9-6-13(16-12(18)7-10-21-16)22-14-5-3-4-8-17-14/h3-5,8,12-13,16H,2,6-7,9-11H2,1H3/t12-,13+,16-/m0/s1. The third-order valence-electron chi connectivity index (χ3n) is 4.18. The maximum absolute atomic E-state index is 12.3. The summed E-state index contributed by atoms with van der Waals surface area (Å²) in [6.45, 7) is 3.92. The lowest BCUT2D eigenvalue weighted by molar-refractivity contribution is -0.145. The summed E-state index contributed by atoms with van der Waals surface area (Å²) in [5.74, 6) is 0.648. The van der Waals surface area contributed by atoms with Crippen molar-refractivity contribution < 1.29 is 19.0 Å². The molecular formula is C16H22N2O4. The van der Waals surface area contributed by atoms with Crippen LogP contribution in [0.15, 0.2) is 24.4 Å². The van der Waals surface area contributed by atoms with Gasteiger partial charge in [-0.2, -0.15) is 0 Å². The highest BCUT2D eigenvalue weighted by molar-refractivity contribution is 5.78. The monoisotopic (exact) mass is 306 g/mol. The van der Waals surface area contributed by atoms with Gasteiger partial charge in [0.05, 0.1) is 6.04 Å². The Labute approximate surface area is 130 Å². The predicted molar refractivity (Wildman–Crippen MR) is 79.6 cm³/mol. The van der Waals surface area contributed by atoms with E-state index in [0.717, 1.165) is 12.8 Å². The molecule has 3 atom stereocenters. The van der Waals surface area contributed by atoms with Crippen molar-refractivity contribution in [1.29, 1.82) is 0 Å². The molecule has 0 radical (unpaired) electrons. The second kappa shape index (κ2) is 7.07. The van der Waals surface area contributed by atoms with E-state index in [0.29, 0.717) is 25.6 Å². The van der Waals surface area contributed by atoms with E-state index in [1.54, 1.807) is 6.20 Å². The van der Waals surface area contributed by atoms with Crippen LogP contribution >= 0.6 is 0 Å². The molecule has 0 spiro atoms. The highest BCUT2D eigenvalue weighted by Gasteiger charge is 2.45. The van der Waals surface area contributed by atoms with Crippen LogP contribution in [-0.2, 0) is 14.3 Å². The summed E-state index contributed by atoms with van der Waals surface area (Å²) < 4.78 is 17.1. The molecule has 2 fully saturated rings. The van der Waals surface area contributed by atoms with Crippen LogP contribution in [0.1, 0.15) is 19.8 Å². The SMILES string of the molecule is CCOCC(=O)N1CC[C@@H](Oc2ccccn2)[C@H]2OCC[C@@H]21. The molecule has 6 nitrogen and oxygen atoms in total. The van der Waals surface area contributed by atoms with Gasteiger partial charge in [0.1, 0.15) is 18.8 Å². The number of amides is 1. The van der Waals surface area contributed by atoms with Crippen LogP contribution in [0.25, 0.3) is 0 Å². The highest BCUT2D eigenvalue weighted by atomic mass is 16.6. The largest absolute Gasteiger partial charge is 0.471 e. The summed E-state index contributed by atoms with van der Waals surface area (Å²) in [7, 11) is 0. The molecule has 6 heteroatoms. The van der Waals surface area contributed by atoms with Crippen LogP contribution in [-0.4, -0.2) is 60.4 Å². The Morgan fingerprint density at radius 1 is 1.45 bits per heavy atom. The molecule has 1 amide bonds. The Morgan fingerprint density at radius 2 is 2.36 bits per heavy atom. The number of pyridine rings is 1.